The Bertz CT molecular complexity index is 624. The largest absolute Gasteiger partial charge is 0.495 e. The predicted molar refractivity (Wildman–Crippen MR) is 73.0 cm³/mol. The molecule has 0 aliphatic carbocycles. The number of aromatic nitrogens is 3. The van der Waals surface area contributed by atoms with Crippen molar-refractivity contribution >= 4 is 23.7 Å². The van der Waals surface area contributed by atoms with Crippen molar-refractivity contribution in [3.05, 3.63) is 34.2 Å². The molecule has 0 unspecified atom stereocenters. The van der Waals surface area contributed by atoms with Crippen LogP contribution in [-0.4, -0.2) is 22.3 Å². The number of nitrogens with zero attached hydrogens (tertiary/aromatic N) is 2. The molecule has 2 rings (SSSR count). The fraction of sp³-hybridized carbons (Fsp3) is 0.250. The maximum Gasteiger partial charge on any atom is 0.215 e. The molecule has 0 aliphatic rings. The highest BCUT2D eigenvalue weighted by atomic mass is 32.1. The number of H-pyrrole nitrogens is 1. The molecule has 2 aromatic rings. The lowest BCUT2D eigenvalue weighted by molar-refractivity contribution is 0.416. The number of nitrogens with one attached hydrogen (secondary N) is 2. The first-order valence-electron chi connectivity index (χ1n) is 5.45. The molecule has 1 heterocycles. The third-order valence-electron chi connectivity index (χ3n) is 2.48. The van der Waals surface area contributed by atoms with E-state index in [1.807, 2.05) is 32.0 Å². The Labute approximate surface area is 110 Å². The monoisotopic (exact) mass is 262 g/mol. The highest BCUT2D eigenvalue weighted by Crippen LogP contribution is 2.28. The third-order valence-corrected chi connectivity index (χ3v) is 2.67. The van der Waals surface area contributed by atoms with E-state index in [0.29, 0.717) is 10.6 Å². The van der Waals surface area contributed by atoms with E-state index in [4.69, 9.17) is 17.0 Å². The molecule has 0 saturated heterocycles. The summed E-state index contributed by atoms with van der Waals surface area (Å²) in [5, 5.41) is 9.89. The van der Waals surface area contributed by atoms with Crippen molar-refractivity contribution in [3.8, 4) is 5.75 Å². The SMILES string of the molecule is COc1ccc(C)cc1Nc1nc(=S)[nH]nc1C. The first kappa shape index (κ1) is 12.5. The number of rotatable bonds is 3. The van der Waals surface area contributed by atoms with Crippen molar-refractivity contribution in [2.45, 2.75) is 13.8 Å². The minimum Gasteiger partial charge on any atom is -0.495 e. The molecule has 1 aromatic heterocycles. The molecular weight excluding hydrogens is 248 g/mol. The van der Waals surface area contributed by atoms with Gasteiger partial charge in [0.1, 0.15) is 11.4 Å². The molecule has 0 atom stereocenters. The number of aryl methyl sites for hydroxylation is 2. The molecule has 0 radical (unpaired) electrons. The lowest BCUT2D eigenvalue weighted by Gasteiger charge is -2.12. The smallest absolute Gasteiger partial charge is 0.215 e. The van der Waals surface area contributed by atoms with E-state index in [1.54, 1.807) is 7.11 Å². The summed E-state index contributed by atoms with van der Waals surface area (Å²) in [6.45, 7) is 3.86. The first-order chi connectivity index (χ1) is 8.60. The summed E-state index contributed by atoms with van der Waals surface area (Å²) >= 11 is 4.96. The summed E-state index contributed by atoms with van der Waals surface area (Å²) in [6.07, 6.45) is 0. The zero-order chi connectivity index (χ0) is 13.1. The maximum absolute atomic E-state index is 5.30. The molecule has 0 spiro atoms. The number of methoxy groups -OCH3 is 1. The molecule has 18 heavy (non-hydrogen) atoms. The van der Waals surface area contributed by atoms with Gasteiger partial charge in [0.15, 0.2) is 5.82 Å². The van der Waals surface area contributed by atoms with Gasteiger partial charge in [-0.25, -0.2) is 0 Å². The molecule has 1 aromatic carbocycles. The van der Waals surface area contributed by atoms with Crippen LogP contribution in [0.15, 0.2) is 18.2 Å². The predicted octanol–water partition coefficient (Wildman–Crippen LogP) is 2.90. The average molecular weight is 262 g/mol. The van der Waals surface area contributed by atoms with Gasteiger partial charge < -0.3 is 10.1 Å². The van der Waals surface area contributed by atoms with E-state index in [9.17, 15) is 0 Å². The molecule has 0 saturated carbocycles. The van der Waals surface area contributed by atoms with Gasteiger partial charge in [0.2, 0.25) is 4.77 Å². The van der Waals surface area contributed by atoms with Crippen LogP contribution in [0, 0.1) is 18.6 Å². The van der Waals surface area contributed by atoms with E-state index < -0.39 is 0 Å². The normalized spacial score (nSPS) is 10.2. The van der Waals surface area contributed by atoms with Gasteiger partial charge in [0.05, 0.1) is 12.8 Å². The van der Waals surface area contributed by atoms with Gasteiger partial charge in [0, 0.05) is 0 Å². The van der Waals surface area contributed by atoms with Crippen molar-refractivity contribution in [3.63, 3.8) is 0 Å². The Hall–Kier alpha value is -1.95. The molecule has 0 amide bonds. The fourth-order valence-corrected chi connectivity index (χ4v) is 1.69. The number of aromatic amines is 1. The Morgan fingerprint density at radius 1 is 1.33 bits per heavy atom. The Kier molecular flexibility index (Phi) is 3.57. The molecule has 0 aliphatic heterocycles. The van der Waals surface area contributed by atoms with Crippen LogP contribution in [0.1, 0.15) is 11.3 Å². The van der Waals surface area contributed by atoms with Crippen LogP contribution < -0.4 is 10.1 Å². The molecule has 6 heteroatoms. The molecule has 0 fully saturated rings. The second-order valence-corrected chi connectivity index (χ2v) is 4.29. The highest BCUT2D eigenvalue weighted by molar-refractivity contribution is 7.71. The summed E-state index contributed by atoms with van der Waals surface area (Å²) in [4.78, 5) is 4.20. The van der Waals surface area contributed by atoms with Crippen LogP contribution in [0.25, 0.3) is 0 Å². The highest BCUT2D eigenvalue weighted by Gasteiger charge is 2.07. The van der Waals surface area contributed by atoms with Crippen molar-refractivity contribution in [2.24, 2.45) is 0 Å². The van der Waals surface area contributed by atoms with Gasteiger partial charge >= 0.3 is 0 Å². The van der Waals surface area contributed by atoms with Crippen molar-refractivity contribution < 1.29 is 4.74 Å². The minimum atomic E-state index is 0.342. The number of anilines is 2. The maximum atomic E-state index is 5.30. The van der Waals surface area contributed by atoms with Gasteiger partial charge in [-0.1, -0.05) is 6.07 Å². The van der Waals surface area contributed by atoms with E-state index >= 15 is 0 Å². The summed E-state index contributed by atoms with van der Waals surface area (Å²) in [7, 11) is 1.63. The molecule has 0 bridgehead atoms. The topological polar surface area (TPSA) is 62.8 Å². The second-order valence-electron chi connectivity index (χ2n) is 3.90. The molecule has 5 nitrogen and oxygen atoms in total. The summed E-state index contributed by atoms with van der Waals surface area (Å²) < 4.78 is 5.64. The summed E-state index contributed by atoms with van der Waals surface area (Å²) in [6, 6.07) is 5.88. The van der Waals surface area contributed by atoms with Crippen LogP contribution in [0.3, 0.4) is 0 Å². The Morgan fingerprint density at radius 3 is 2.83 bits per heavy atom. The van der Waals surface area contributed by atoms with Gasteiger partial charge in [0.25, 0.3) is 0 Å². The zero-order valence-corrected chi connectivity index (χ0v) is 11.3. The Balaban J connectivity index is 2.42. The molecule has 94 valence electrons. The lowest BCUT2D eigenvalue weighted by Crippen LogP contribution is -2.02. The van der Waals surface area contributed by atoms with Crippen molar-refractivity contribution in [1.29, 1.82) is 0 Å². The van der Waals surface area contributed by atoms with Crippen molar-refractivity contribution in [2.75, 3.05) is 12.4 Å². The number of hydrogen-bond acceptors (Lipinski definition) is 5. The number of ether oxygens (including phenoxy) is 1. The average Bonchev–Trinajstić information content (AvgIpc) is 2.34. The van der Waals surface area contributed by atoms with Crippen molar-refractivity contribution in [1.82, 2.24) is 15.2 Å². The standard InChI is InChI=1S/C12H14N4OS/c1-7-4-5-10(17-3)9(6-7)13-11-8(2)15-16-12(18)14-11/h4-6H,1-3H3,(H2,13,14,16,18). The second kappa shape index (κ2) is 5.14. The first-order valence-corrected chi connectivity index (χ1v) is 5.86. The van der Waals surface area contributed by atoms with Crippen LogP contribution in [-0.2, 0) is 0 Å². The van der Waals surface area contributed by atoms with Crippen LogP contribution in [0.2, 0.25) is 0 Å². The quantitative estimate of drug-likeness (QED) is 0.833. The van der Waals surface area contributed by atoms with Crippen LogP contribution >= 0.6 is 12.2 Å². The van der Waals surface area contributed by atoms with E-state index in [1.165, 1.54) is 0 Å². The number of hydrogen-bond donors (Lipinski definition) is 2. The summed E-state index contributed by atoms with van der Waals surface area (Å²) in [5.74, 6) is 1.38. The van der Waals surface area contributed by atoms with E-state index in [-0.39, 0.29) is 0 Å². The molecular formula is C12H14N4OS. The van der Waals surface area contributed by atoms with E-state index in [2.05, 4.69) is 20.5 Å². The zero-order valence-electron chi connectivity index (χ0n) is 10.4. The third kappa shape index (κ3) is 2.65. The van der Waals surface area contributed by atoms with Gasteiger partial charge in [-0.2, -0.15) is 10.1 Å². The van der Waals surface area contributed by atoms with Gasteiger partial charge in [-0.05, 0) is 43.8 Å². The molecule has 2 N–H and O–H groups in total. The van der Waals surface area contributed by atoms with Gasteiger partial charge in [-0.15, -0.1) is 0 Å². The van der Waals surface area contributed by atoms with Crippen LogP contribution in [0.4, 0.5) is 11.5 Å². The van der Waals surface area contributed by atoms with Gasteiger partial charge in [-0.3, -0.25) is 5.10 Å². The number of benzene rings is 1. The lowest BCUT2D eigenvalue weighted by atomic mass is 10.2. The summed E-state index contributed by atoms with van der Waals surface area (Å²) in [5.41, 5.74) is 2.72. The minimum absolute atomic E-state index is 0.342. The van der Waals surface area contributed by atoms with Crippen LogP contribution in [0.5, 0.6) is 5.75 Å². The Morgan fingerprint density at radius 2 is 2.11 bits per heavy atom. The van der Waals surface area contributed by atoms with E-state index in [0.717, 1.165) is 22.7 Å². The fourth-order valence-electron chi connectivity index (χ4n) is 1.56.